The maximum absolute atomic E-state index is 10.9. The van der Waals surface area contributed by atoms with Gasteiger partial charge in [-0.1, -0.05) is 20.4 Å². The van der Waals surface area contributed by atoms with E-state index in [9.17, 15) is 4.79 Å². The number of hydrogen-bond acceptors (Lipinski definition) is 2. The first-order valence-corrected chi connectivity index (χ1v) is 4.96. The number of carbonyl (C=O) groups is 1. The van der Waals surface area contributed by atoms with Crippen LogP contribution in [0.3, 0.4) is 0 Å². The largest absolute Gasteiger partial charge is 0.456 e. The molecule has 0 saturated heterocycles. The van der Waals surface area contributed by atoms with Crippen molar-refractivity contribution in [3.8, 4) is 0 Å². The fourth-order valence-electron chi connectivity index (χ4n) is 0.535. The molecule has 0 aliphatic heterocycles. The lowest BCUT2D eigenvalue weighted by atomic mass is 10.4. The fraction of sp³-hybridized carbons (Fsp3) is 0.727. The van der Waals surface area contributed by atoms with Crippen LogP contribution in [0.25, 0.3) is 0 Å². The van der Waals surface area contributed by atoms with Gasteiger partial charge in [-0.05, 0) is 6.92 Å². The lowest BCUT2D eigenvalue weighted by molar-refractivity contribution is -0.870. The molecule has 0 N–H and O–H groups in total. The summed E-state index contributed by atoms with van der Waals surface area (Å²) in [5.41, 5.74) is 0.455. The Morgan fingerprint density at radius 3 is 2.00 bits per heavy atom. The van der Waals surface area contributed by atoms with E-state index in [0.717, 1.165) is 11.0 Å². The summed E-state index contributed by atoms with van der Waals surface area (Å²) in [6, 6.07) is 0. The molecule has 0 radical (unpaired) electrons. The Hall–Kier alpha value is -0.830. The average molecular weight is 202 g/mol. The monoisotopic (exact) mass is 202 g/mol. The van der Waals surface area contributed by atoms with Crippen molar-refractivity contribution in [2.75, 3.05) is 34.3 Å². The standard InChI is InChI=1S/C9H18NO2.C2H6/c1-8(2)9(11)12-7-6-10(3,4)5;1-2/h1,6-7H2,2-5H3;1-2H3/q+1;. The highest BCUT2D eigenvalue weighted by Gasteiger charge is 2.09. The molecule has 14 heavy (non-hydrogen) atoms. The van der Waals surface area contributed by atoms with E-state index in [0.29, 0.717) is 12.2 Å². The van der Waals surface area contributed by atoms with Crippen LogP contribution in [0.1, 0.15) is 20.8 Å². The molecule has 0 spiro atoms. The van der Waals surface area contributed by atoms with Crippen molar-refractivity contribution in [3.63, 3.8) is 0 Å². The van der Waals surface area contributed by atoms with Crippen molar-refractivity contribution in [2.45, 2.75) is 20.8 Å². The zero-order chi connectivity index (χ0) is 11.8. The van der Waals surface area contributed by atoms with E-state index < -0.39 is 0 Å². The van der Waals surface area contributed by atoms with Crippen molar-refractivity contribution < 1.29 is 14.0 Å². The molecule has 0 fully saturated rings. The maximum Gasteiger partial charge on any atom is 0.333 e. The van der Waals surface area contributed by atoms with Gasteiger partial charge in [0.2, 0.25) is 0 Å². The molecule has 3 nitrogen and oxygen atoms in total. The van der Waals surface area contributed by atoms with Gasteiger partial charge in [-0.25, -0.2) is 4.79 Å². The highest BCUT2D eigenvalue weighted by Crippen LogP contribution is 1.94. The molecular weight excluding hydrogens is 178 g/mol. The molecule has 0 amide bonds. The van der Waals surface area contributed by atoms with Gasteiger partial charge in [0.15, 0.2) is 0 Å². The Bertz CT molecular complexity index is 180. The van der Waals surface area contributed by atoms with Gasteiger partial charge in [-0.3, -0.25) is 0 Å². The summed E-state index contributed by atoms with van der Waals surface area (Å²) < 4.78 is 5.72. The Morgan fingerprint density at radius 2 is 1.71 bits per heavy atom. The average Bonchev–Trinajstić information content (AvgIpc) is 2.05. The fourth-order valence-corrected chi connectivity index (χ4v) is 0.535. The number of rotatable bonds is 4. The van der Waals surface area contributed by atoms with Gasteiger partial charge in [0.05, 0.1) is 21.1 Å². The van der Waals surface area contributed by atoms with E-state index in [-0.39, 0.29) is 5.97 Å². The first-order valence-electron chi connectivity index (χ1n) is 4.96. The number of likely N-dealkylation sites (N-methyl/N-ethyl adjacent to an activating group) is 1. The van der Waals surface area contributed by atoms with Crippen LogP contribution in [0.5, 0.6) is 0 Å². The minimum atomic E-state index is -0.302. The van der Waals surface area contributed by atoms with E-state index >= 15 is 0 Å². The predicted molar refractivity (Wildman–Crippen MR) is 60.0 cm³/mol. The zero-order valence-corrected chi connectivity index (χ0v) is 10.4. The number of quaternary nitrogens is 1. The number of ether oxygens (including phenoxy) is 1. The third-order valence-electron chi connectivity index (χ3n) is 1.34. The van der Waals surface area contributed by atoms with Crippen molar-refractivity contribution in [1.82, 2.24) is 0 Å². The van der Waals surface area contributed by atoms with Crippen LogP contribution in [0.2, 0.25) is 0 Å². The molecule has 3 heteroatoms. The highest BCUT2D eigenvalue weighted by atomic mass is 16.5. The molecule has 0 aromatic heterocycles. The lowest BCUT2D eigenvalue weighted by Gasteiger charge is -2.23. The summed E-state index contributed by atoms with van der Waals surface area (Å²) in [5.74, 6) is -0.302. The topological polar surface area (TPSA) is 26.3 Å². The third-order valence-corrected chi connectivity index (χ3v) is 1.34. The minimum absolute atomic E-state index is 0.302. The van der Waals surface area contributed by atoms with Crippen LogP contribution in [0, 0.1) is 0 Å². The van der Waals surface area contributed by atoms with Crippen LogP contribution < -0.4 is 0 Å². The molecule has 0 aromatic carbocycles. The highest BCUT2D eigenvalue weighted by molar-refractivity contribution is 5.86. The van der Waals surface area contributed by atoms with Crippen LogP contribution >= 0.6 is 0 Å². The Morgan fingerprint density at radius 1 is 1.29 bits per heavy atom. The van der Waals surface area contributed by atoms with E-state index in [2.05, 4.69) is 27.7 Å². The van der Waals surface area contributed by atoms with Crippen molar-refractivity contribution in [1.29, 1.82) is 0 Å². The van der Waals surface area contributed by atoms with Crippen LogP contribution in [0.4, 0.5) is 0 Å². The Labute approximate surface area is 87.9 Å². The molecule has 0 saturated carbocycles. The predicted octanol–water partition coefficient (Wildman–Crippen LogP) is 1.84. The number of hydrogen-bond donors (Lipinski definition) is 0. The molecule has 0 atom stereocenters. The second-order valence-electron chi connectivity index (χ2n) is 3.93. The SMILES string of the molecule is C=C(C)C(=O)OCC[N+](C)(C)C.CC. The molecule has 84 valence electrons. The van der Waals surface area contributed by atoms with Gasteiger partial charge in [-0.2, -0.15) is 0 Å². The first kappa shape index (κ1) is 15.6. The summed E-state index contributed by atoms with van der Waals surface area (Å²) >= 11 is 0. The number of carbonyl (C=O) groups excluding carboxylic acids is 1. The summed E-state index contributed by atoms with van der Waals surface area (Å²) in [7, 11) is 6.15. The van der Waals surface area contributed by atoms with Gasteiger partial charge >= 0.3 is 5.97 Å². The number of esters is 1. The molecule has 0 rings (SSSR count). The summed E-state index contributed by atoms with van der Waals surface area (Å²) in [5, 5.41) is 0. The summed E-state index contributed by atoms with van der Waals surface area (Å²) in [6.07, 6.45) is 0. The molecule has 0 aliphatic carbocycles. The van der Waals surface area contributed by atoms with Crippen molar-refractivity contribution in [3.05, 3.63) is 12.2 Å². The molecule has 0 bridgehead atoms. The van der Waals surface area contributed by atoms with Gasteiger partial charge < -0.3 is 9.22 Å². The summed E-state index contributed by atoms with van der Waals surface area (Å²) in [4.78, 5) is 10.9. The second kappa shape index (κ2) is 7.56. The van der Waals surface area contributed by atoms with Gasteiger partial charge in [0.25, 0.3) is 0 Å². The molecular formula is C11H24NO2+. The molecule has 0 aliphatic rings. The Kier molecular flexibility index (Phi) is 8.44. The van der Waals surface area contributed by atoms with Gasteiger partial charge in [0.1, 0.15) is 13.2 Å². The van der Waals surface area contributed by atoms with Crippen molar-refractivity contribution in [2.24, 2.45) is 0 Å². The first-order chi connectivity index (χ1) is 6.33. The Balaban J connectivity index is 0. The van der Waals surface area contributed by atoms with Crippen LogP contribution in [0.15, 0.2) is 12.2 Å². The van der Waals surface area contributed by atoms with E-state index in [1.54, 1.807) is 6.92 Å². The smallest absolute Gasteiger partial charge is 0.333 e. The normalized spacial score (nSPS) is 9.86. The summed E-state index contributed by atoms with van der Waals surface area (Å²) in [6.45, 7) is 10.4. The zero-order valence-electron chi connectivity index (χ0n) is 10.4. The second-order valence-corrected chi connectivity index (χ2v) is 3.93. The van der Waals surface area contributed by atoms with Gasteiger partial charge in [0, 0.05) is 5.57 Å². The van der Waals surface area contributed by atoms with Crippen LogP contribution in [-0.2, 0) is 9.53 Å². The molecule has 0 unspecified atom stereocenters. The van der Waals surface area contributed by atoms with Crippen LogP contribution in [-0.4, -0.2) is 44.7 Å². The van der Waals surface area contributed by atoms with E-state index in [4.69, 9.17) is 4.74 Å². The molecule has 0 heterocycles. The number of nitrogens with zero attached hydrogens (tertiary/aromatic N) is 1. The van der Waals surface area contributed by atoms with E-state index in [1.807, 2.05) is 13.8 Å². The molecule has 0 aromatic rings. The third kappa shape index (κ3) is 11.2. The van der Waals surface area contributed by atoms with Gasteiger partial charge in [-0.15, -0.1) is 0 Å². The maximum atomic E-state index is 10.9. The van der Waals surface area contributed by atoms with Crippen molar-refractivity contribution >= 4 is 5.97 Å². The minimum Gasteiger partial charge on any atom is -0.456 e. The van der Waals surface area contributed by atoms with E-state index in [1.165, 1.54) is 0 Å². The quantitative estimate of drug-likeness (QED) is 0.395. The lowest BCUT2D eigenvalue weighted by Crippen LogP contribution is -2.38.